The van der Waals surface area contributed by atoms with Crippen LogP contribution in [0.4, 0.5) is 5.82 Å². The van der Waals surface area contributed by atoms with E-state index >= 15 is 0 Å². The first kappa shape index (κ1) is 16.7. The molecular formula is C21H23N5. The van der Waals surface area contributed by atoms with E-state index in [4.69, 9.17) is 9.97 Å². The topological polar surface area (TPSA) is 62.7 Å². The Morgan fingerprint density at radius 1 is 0.923 bits per heavy atom. The van der Waals surface area contributed by atoms with Crippen molar-refractivity contribution in [3.8, 4) is 22.6 Å². The third-order valence-corrected chi connectivity index (χ3v) is 4.76. The fourth-order valence-corrected chi connectivity index (χ4v) is 3.26. The molecule has 1 aliphatic heterocycles. The third kappa shape index (κ3) is 4.06. The molecule has 1 aromatic carbocycles. The molecular weight excluding hydrogens is 322 g/mol. The Kier molecular flexibility index (Phi) is 5.17. The minimum absolute atomic E-state index is 0.691. The quantitative estimate of drug-likeness (QED) is 0.739. The molecule has 1 aliphatic rings. The van der Waals surface area contributed by atoms with Crippen LogP contribution in [-0.4, -0.2) is 34.6 Å². The van der Waals surface area contributed by atoms with Gasteiger partial charge in [-0.25, -0.2) is 9.97 Å². The van der Waals surface area contributed by atoms with Gasteiger partial charge in [0.05, 0.1) is 5.69 Å². The number of hydrogen-bond acceptors (Lipinski definition) is 5. The van der Waals surface area contributed by atoms with Crippen molar-refractivity contribution in [2.45, 2.75) is 12.8 Å². The molecule has 0 atom stereocenters. The van der Waals surface area contributed by atoms with Crippen molar-refractivity contribution in [3.63, 3.8) is 0 Å². The second-order valence-corrected chi connectivity index (χ2v) is 6.64. The van der Waals surface area contributed by atoms with Crippen molar-refractivity contribution in [2.24, 2.45) is 5.92 Å². The highest BCUT2D eigenvalue weighted by Crippen LogP contribution is 2.24. The summed E-state index contributed by atoms with van der Waals surface area (Å²) in [5.74, 6) is 2.31. The van der Waals surface area contributed by atoms with Crippen LogP contribution in [0.25, 0.3) is 22.6 Å². The van der Waals surface area contributed by atoms with Crippen LogP contribution in [0.15, 0.2) is 60.9 Å². The predicted octanol–water partition coefficient (Wildman–Crippen LogP) is 3.62. The van der Waals surface area contributed by atoms with Crippen molar-refractivity contribution >= 4 is 5.82 Å². The molecule has 1 fully saturated rings. The van der Waals surface area contributed by atoms with Crippen LogP contribution in [-0.2, 0) is 0 Å². The number of hydrogen-bond donors (Lipinski definition) is 2. The highest BCUT2D eigenvalue weighted by Gasteiger charge is 2.14. The van der Waals surface area contributed by atoms with Crippen LogP contribution in [0.3, 0.4) is 0 Å². The Labute approximate surface area is 153 Å². The molecule has 132 valence electrons. The van der Waals surface area contributed by atoms with Crippen LogP contribution in [0.1, 0.15) is 12.8 Å². The van der Waals surface area contributed by atoms with Crippen LogP contribution in [0, 0.1) is 5.92 Å². The summed E-state index contributed by atoms with van der Waals surface area (Å²) in [7, 11) is 0. The molecule has 3 aromatic rings. The summed E-state index contributed by atoms with van der Waals surface area (Å²) >= 11 is 0. The zero-order valence-electron chi connectivity index (χ0n) is 14.7. The third-order valence-electron chi connectivity index (χ3n) is 4.76. The molecule has 5 nitrogen and oxygen atoms in total. The van der Waals surface area contributed by atoms with E-state index in [0.717, 1.165) is 48.1 Å². The first-order valence-corrected chi connectivity index (χ1v) is 9.18. The first-order valence-electron chi connectivity index (χ1n) is 9.18. The molecule has 2 aromatic heterocycles. The van der Waals surface area contributed by atoms with Gasteiger partial charge in [0.15, 0.2) is 5.82 Å². The van der Waals surface area contributed by atoms with Gasteiger partial charge in [-0.15, -0.1) is 0 Å². The van der Waals surface area contributed by atoms with E-state index in [1.807, 2.05) is 48.5 Å². The van der Waals surface area contributed by atoms with Crippen molar-refractivity contribution in [3.05, 3.63) is 60.9 Å². The molecule has 3 heterocycles. The van der Waals surface area contributed by atoms with E-state index in [2.05, 4.69) is 15.6 Å². The zero-order chi connectivity index (χ0) is 17.6. The van der Waals surface area contributed by atoms with E-state index < -0.39 is 0 Å². The van der Waals surface area contributed by atoms with Gasteiger partial charge in [-0.1, -0.05) is 30.3 Å². The van der Waals surface area contributed by atoms with Gasteiger partial charge in [-0.3, -0.25) is 4.98 Å². The minimum atomic E-state index is 0.691. The van der Waals surface area contributed by atoms with E-state index in [-0.39, 0.29) is 0 Å². The maximum atomic E-state index is 4.78. The summed E-state index contributed by atoms with van der Waals surface area (Å²) in [6.45, 7) is 3.16. The monoisotopic (exact) mass is 345 g/mol. The molecule has 0 amide bonds. The summed E-state index contributed by atoms with van der Waals surface area (Å²) in [4.78, 5) is 13.6. The standard InChI is InChI=1S/C21H23N5/c1-2-4-18(5-3-1)21-25-19(17-8-12-23-13-9-17)14-20(26-21)24-15-16-6-10-22-11-7-16/h1-5,8-9,12-14,16,22H,6-7,10-11,15H2,(H,24,25,26). The summed E-state index contributed by atoms with van der Waals surface area (Å²) < 4.78 is 0. The molecule has 4 rings (SSSR count). The van der Waals surface area contributed by atoms with Crippen LogP contribution in [0.5, 0.6) is 0 Å². The van der Waals surface area contributed by atoms with E-state index in [1.54, 1.807) is 12.4 Å². The van der Waals surface area contributed by atoms with Crippen molar-refractivity contribution in [1.82, 2.24) is 20.3 Å². The van der Waals surface area contributed by atoms with Gasteiger partial charge in [0, 0.05) is 36.1 Å². The maximum absolute atomic E-state index is 4.78. The lowest BCUT2D eigenvalue weighted by atomic mass is 9.98. The number of aromatic nitrogens is 3. The summed E-state index contributed by atoms with van der Waals surface area (Å²) in [6.07, 6.45) is 6.01. The number of anilines is 1. The molecule has 1 saturated heterocycles. The first-order chi connectivity index (χ1) is 12.9. The van der Waals surface area contributed by atoms with Gasteiger partial charge in [0.2, 0.25) is 0 Å². The van der Waals surface area contributed by atoms with Gasteiger partial charge < -0.3 is 10.6 Å². The van der Waals surface area contributed by atoms with Crippen molar-refractivity contribution in [2.75, 3.05) is 25.0 Å². The van der Waals surface area contributed by atoms with E-state index in [9.17, 15) is 0 Å². The Hall–Kier alpha value is -2.79. The van der Waals surface area contributed by atoms with Crippen molar-refractivity contribution in [1.29, 1.82) is 0 Å². The molecule has 0 radical (unpaired) electrons. The fourth-order valence-electron chi connectivity index (χ4n) is 3.26. The predicted molar refractivity (Wildman–Crippen MR) is 105 cm³/mol. The Balaban J connectivity index is 1.64. The van der Waals surface area contributed by atoms with Crippen LogP contribution < -0.4 is 10.6 Å². The fraction of sp³-hybridized carbons (Fsp3) is 0.286. The average molecular weight is 345 g/mol. The highest BCUT2D eigenvalue weighted by atomic mass is 15.0. The number of rotatable bonds is 5. The molecule has 0 spiro atoms. The van der Waals surface area contributed by atoms with Gasteiger partial charge in [-0.2, -0.15) is 0 Å². The van der Waals surface area contributed by atoms with Gasteiger partial charge in [-0.05, 0) is 44.0 Å². The Bertz CT molecular complexity index is 772. The number of piperidine rings is 1. The second-order valence-electron chi connectivity index (χ2n) is 6.64. The van der Waals surface area contributed by atoms with Crippen LogP contribution in [0.2, 0.25) is 0 Å². The Morgan fingerprint density at radius 2 is 1.69 bits per heavy atom. The van der Waals surface area contributed by atoms with Crippen molar-refractivity contribution < 1.29 is 0 Å². The average Bonchev–Trinajstić information content (AvgIpc) is 2.74. The summed E-state index contributed by atoms with van der Waals surface area (Å²) in [6, 6.07) is 16.1. The van der Waals surface area contributed by atoms with E-state index in [1.165, 1.54) is 12.8 Å². The van der Waals surface area contributed by atoms with Gasteiger partial charge in [0.25, 0.3) is 0 Å². The number of nitrogens with one attached hydrogen (secondary N) is 2. The van der Waals surface area contributed by atoms with Gasteiger partial charge >= 0.3 is 0 Å². The lowest BCUT2D eigenvalue weighted by Crippen LogP contribution is -2.31. The molecule has 0 bridgehead atoms. The lowest BCUT2D eigenvalue weighted by Gasteiger charge is -2.23. The summed E-state index contributed by atoms with van der Waals surface area (Å²) in [5, 5.41) is 6.95. The van der Waals surface area contributed by atoms with Crippen LogP contribution >= 0.6 is 0 Å². The SMILES string of the molecule is c1ccc(-c2nc(NCC3CCNCC3)cc(-c3ccncc3)n2)cc1. The Morgan fingerprint density at radius 3 is 2.46 bits per heavy atom. The maximum Gasteiger partial charge on any atom is 0.162 e. The molecule has 0 unspecified atom stereocenters. The molecule has 26 heavy (non-hydrogen) atoms. The minimum Gasteiger partial charge on any atom is -0.370 e. The molecule has 2 N–H and O–H groups in total. The molecule has 0 saturated carbocycles. The smallest absolute Gasteiger partial charge is 0.162 e. The number of pyridine rings is 1. The number of benzene rings is 1. The summed E-state index contributed by atoms with van der Waals surface area (Å²) in [5.41, 5.74) is 2.98. The van der Waals surface area contributed by atoms with E-state index in [0.29, 0.717) is 5.92 Å². The lowest BCUT2D eigenvalue weighted by molar-refractivity contribution is 0.389. The number of nitrogens with zero attached hydrogens (tertiary/aromatic N) is 3. The largest absolute Gasteiger partial charge is 0.370 e. The highest BCUT2D eigenvalue weighted by molar-refractivity contribution is 5.67. The zero-order valence-corrected chi connectivity index (χ0v) is 14.7. The normalized spacial score (nSPS) is 14.9. The molecule has 0 aliphatic carbocycles. The second kappa shape index (κ2) is 8.06. The molecule has 5 heteroatoms. The van der Waals surface area contributed by atoms with Gasteiger partial charge in [0.1, 0.15) is 5.82 Å².